The van der Waals surface area contributed by atoms with Gasteiger partial charge in [-0.3, -0.25) is 19.4 Å². The van der Waals surface area contributed by atoms with Crippen LogP contribution >= 0.6 is 0 Å². The van der Waals surface area contributed by atoms with Gasteiger partial charge in [0.05, 0.1) is 24.5 Å². The molecule has 3 saturated heterocycles. The number of nitrogens with two attached hydrogens (primary N) is 1. The van der Waals surface area contributed by atoms with E-state index in [1.807, 2.05) is 16.7 Å². The highest BCUT2D eigenvalue weighted by Crippen LogP contribution is 2.28. The van der Waals surface area contributed by atoms with Crippen LogP contribution in [0.1, 0.15) is 37.0 Å². The molecule has 4 atom stereocenters. The van der Waals surface area contributed by atoms with E-state index in [2.05, 4.69) is 32.5 Å². The van der Waals surface area contributed by atoms with Crippen LogP contribution in [-0.2, 0) is 4.79 Å². The first kappa shape index (κ1) is 26.7. The third-order valence-corrected chi connectivity index (χ3v) is 8.11. The molecule has 2 aromatic rings. The number of hydrogen-bond donors (Lipinski definition) is 3. The molecular weight excluding hydrogens is 496 g/mol. The predicted molar refractivity (Wildman–Crippen MR) is 138 cm³/mol. The van der Waals surface area contributed by atoms with Crippen molar-refractivity contribution < 1.29 is 18.4 Å². The summed E-state index contributed by atoms with van der Waals surface area (Å²) in [6.45, 7) is 8.85. The second kappa shape index (κ2) is 11.1. The molecule has 208 valence electrons. The Morgan fingerprint density at radius 1 is 1.21 bits per heavy atom. The molecule has 5 heterocycles. The first-order valence-corrected chi connectivity index (χ1v) is 13.5. The zero-order valence-electron chi connectivity index (χ0n) is 21.9. The standard InChI is InChI=1S/C25H37F2N9O2/c1-3-33-13-18(27)21(34-7-4-16(5-8-34)25(38)35-9-6-29-15(2)11-35)19(14-33)31-24(37)20-22(28)32-36-12-17(26)10-30-23(20)36/h10,12,15-16,18-19,21,29H,3-9,11,13-14H2,1-2H3,(H2,28,32)(H,31,37)/t15-,18?,19?,21?/m0/s1. The van der Waals surface area contributed by atoms with E-state index in [9.17, 15) is 14.0 Å². The zero-order valence-corrected chi connectivity index (χ0v) is 21.9. The van der Waals surface area contributed by atoms with E-state index < -0.39 is 30.0 Å². The number of anilines is 1. The minimum atomic E-state index is -1.18. The number of nitrogens with one attached hydrogen (secondary N) is 2. The van der Waals surface area contributed by atoms with Crippen LogP contribution < -0.4 is 16.4 Å². The number of carbonyl (C=O) groups excluding carboxylic acids is 2. The van der Waals surface area contributed by atoms with E-state index in [1.165, 1.54) is 0 Å². The number of likely N-dealkylation sites (tertiary alicyclic amines) is 2. The second-order valence-corrected chi connectivity index (χ2v) is 10.7. The van der Waals surface area contributed by atoms with Crippen molar-refractivity contribution >= 4 is 23.3 Å². The predicted octanol–water partition coefficient (Wildman–Crippen LogP) is 0.124. The molecule has 0 bridgehead atoms. The number of nitrogens with zero attached hydrogens (tertiary/aromatic N) is 6. The molecule has 0 saturated carbocycles. The quantitative estimate of drug-likeness (QED) is 0.496. The van der Waals surface area contributed by atoms with Gasteiger partial charge in [-0.15, -0.1) is 5.10 Å². The number of alkyl halides is 1. The number of likely N-dealkylation sites (N-methyl/N-ethyl adjacent to an activating group) is 1. The monoisotopic (exact) mass is 533 g/mol. The van der Waals surface area contributed by atoms with Crippen molar-refractivity contribution in [2.45, 2.75) is 51.0 Å². The first-order valence-electron chi connectivity index (χ1n) is 13.5. The highest BCUT2D eigenvalue weighted by molar-refractivity contribution is 6.04. The van der Waals surface area contributed by atoms with Crippen molar-refractivity contribution in [3.05, 3.63) is 23.8 Å². The van der Waals surface area contributed by atoms with Gasteiger partial charge in [-0.25, -0.2) is 18.3 Å². The zero-order chi connectivity index (χ0) is 27.0. The minimum Gasteiger partial charge on any atom is -0.381 e. The lowest BCUT2D eigenvalue weighted by atomic mass is 9.89. The number of hydrogen-bond acceptors (Lipinski definition) is 8. The molecule has 38 heavy (non-hydrogen) atoms. The molecule has 0 aliphatic carbocycles. The van der Waals surface area contributed by atoms with E-state index in [4.69, 9.17) is 5.73 Å². The van der Waals surface area contributed by atoms with Crippen molar-refractivity contribution in [3.63, 3.8) is 0 Å². The molecular formula is C25H37F2N9O2. The van der Waals surface area contributed by atoms with Crippen LogP contribution in [0.4, 0.5) is 14.6 Å². The molecule has 3 aliphatic heterocycles. The highest BCUT2D eigenvalue weighted by Gasteiger charge is 2.43. The minimum absolute atomic E-state index is 0.0438. The summed E-state index contributed by atoms with van der Waals surface area (Å²) in [4.78, 5) is 36.5. The van der Waals surface area contributed by atoms with Gasteiger partial charge in [0.1, 0.15) is 11.7 Å². The summed E-state index contributed by atoms with van der Waals surface area (Å²) in [5, 5.41) is 10.4. The van der Waals surface area contributed by atoms with Crippen molar-refractivity contribution in [1.82, 2.24) is 39.9 Å². The number of halogens is 2. The van der Waals surface area contributed by atoms with Gasteiger partial charge in [-0.1, -0.05) is 6.92 Å². The number of fused-ring (bicyclic) bond motifs is 1. The number of carbonyl (C=O) groups is 2. The van der Waals surface area contributed by atoms with E-state index in [-0.39, 0.29) is 41.4 Å². The Bertz CT molecular complexity index is 1170. The normalized spacial score (nSPS) is 28.1. The maximum atomic E-state index is 15.7. The lowest BCUT2D eigenvalue weighted by Crippen LogP contribution is -2.66. The van der Waals surface area contributed by atoms with Gasteiger partial charge in [-0.2, -0.15) is 0 Å². The number of piperazine rings is 1. The molecule has 5 rings (SSSR count). The van der Waals surface area contributed by atoms with Gasteiger partial charge in [0.15, 0.2) is 17.3 Å². The van der Waals surface area contributed by atoms with Crippen LogP contribution in [0.15, 0.2) is 12.4 Å². The van der Waals surface area contributed by atoms with Crippen LogP contribution in [0.5, 0.6) is 0 Å². The SMILES string of the molecule is CCN1CC(F)C(N2CCC(C(=O)N3CCN[C@@H](C)C3)CC2)C(NC(=O)c2c(N)nn3cc(F)cnc23)C1. The smallest absolute Gasteiger partial charge is 0.259 e. The maximum absolute atomic E-state index is 15.7. The lowest BCUT2D eigenvalue weighted by molar-refractivity contribution is -0.138. The molecule has 0 radical (unpaired) electrons. The lowest BCUT2D eigenvalue weighted by Gasteiger charge is -2.47. The molecule has 3 fully saturated rings. The Balaban J connectivity index is 1.29. The number of aromatic nitrogens is 3. The van der Waals surface area contributed by atoms with Crippen LogP contribution in [0.3, 0.4) is 0 Å². The first-order chi connectivity index (χ1) is 18.2. The van der Waals surface area contributed by atoms with Crippen molar-refractivity contribution in [2.75, 3.05) is 58.1 Å². The van der Waals surface area contributed by atoms with Gasteiger partial charge in [0.2, 0.25) is 5.91 Å². The fourth-order valence-electron chi connectivity index (χ4n) is 6.16. The Labute approximate surface area is 220 Å². The van der Waals surface area contributed by atoms with E-state index in [0.29, 0.717) is 52.1 Å². The molecule has 0 aromatic carbocycles. The summed E-state index contributed by atoms with van der Waals surface area (Å²) in [5.41, 5.74) is 6.17. The molecule has 2 aromatic heterocycles. The Hall–Kier alpha value is -2.90. The second-order valence-electron chi connectivity index (χ2n) is 10.7. The molecule has 3 unspecified atom stereocenters. The van der Waals surface area contributed by atoms with E-state index in [1.54, 1.807) is 0 Å². The molecule has 13 heteroatoms. The van der Waals surface area contributed by atoms with Crippen molar-refractivity contribution in [3.8, 4) is 0 Å². The van der Waals surface area contributed by atoms with Crippen LogP contribution in [0, 0.1) is 11.7 Å². The largest absolute Gasteiger partial charge is 0.381 e. The molecule has 11 nitrogen and oxygen atoms in total. The van der Waals surface area contributed by atoms with Gasteiger partial charge in [-0.05, 0) is 39.4 Å². The molecule has 4 N–H and O–H groups in total. The number of amides is 2. The number of rotatable bonds is 5. The molecule has 3 aliphatic rings. The van der Waals surface area contributed by atoms with E-state index >= 15 is 4.39 Å². The average molecular weight is 534 g/mol. The summed E-state index contributed by atoms with van der Waals surface area (Å²) in [6, 6.07) is -0.766. The highest BCUT2D eigenvalue weighted by atomic mass is 19.1. The summed E-state index contributed by atoms with van der Waals surface area (Å²) in [6.07, 6.45) is 2.24. The fraction of sp³-hybridized carbons (Fsp3) is 0.680. The number of piperidine rings is 2. The summed E-state index contributed by atoms with van der Waals surface area (Å²) in [7, 11) is 0. The van der Waals surface area contributed by atoms with Crippen LogP contribution in [0.25, 0.3) is 5.65 Å². The van der Waals surface area contributed by atoms with Crippen LogP contribution in [-0.4, -0.2) is 118 Å². The van der Waals surface area contributed by atoms with Gasteiger partial charge in [0, 0.05) is 44.7 Å². The Kier molecular flexibility index (Phi) is 7.78. The third kappa shape index (κ3) is 5.32. The summed E-state index contributed by atoms with van der Waals surface area (Å²) < 4.78 is 30.4. The number of nitrogen functional groups attached to an aromatic ring is 1. The fourth-order valence-corrected chi connectivity index (χ4v) is 6.16. The summed E-state index contributed by atoms with van der Waals surface area (Å²) >= 11 is 0. The van der Waals surface area contributed by atoms with Crippen molar-refractivity contribution in [1.29, 1.82) is 0 Å². The van der Waals surface area contributed by atoms with Crippen LogP contribution in [0.2, 0.25) is 0 Å². The topological polar surface area (TPSA) is 124 Å². The third-order valence-electron chi connectivity index (χ3n) is 8.11. The van der Waals surface area contributed by atoms with E-state index in [0.717, 1.165) is 23.5 Å². The molecule has 0 spiro atoms. The van der Waals surface area contributed by atoms with Gasteiger partial charge < -0.3 is 21.3 Å². The maximum Gasteiger partial charge on any atom is 0.259 e. The Morgan fingerprint density at radius 2 is 1.97 bits per heavy atom. The average Bonchev–Trinajstić information content (AvgIpc) is 3.23. The van der Waals surface area contributed by atoms with Crippen molar-refractivity contribution in [2.24, 2.45) is 5.92 Å². The van der Waals surface area contributed by atoms with Gasteiger partial charge in [0.25, 0.3) is 5.91 Å². The molecule has 2 amide bonds. The van der Waals surface area contributed by atoms with Gasteiger partial charge >= 0.3 is 0 Å². The summed E-state index contributed by atoms with van der Waals surface area (Å²) in [5.74, 6) is -1.07. The Morgan fingerprint density at radius 3 is 2.68 bits per heavy atom.